The molecule has 1 amide bonds. The molecule has 0 aliphatic heterocycles. The van der Waals surface area contributed by atoms with Crippen LogP contribution < -0.4 is 16.8 Å². The number of nitrogen functional groups attached to an aromatic ring is 1. The van der Waals surface area contributed by atoms with Gasteiger partial charge in [0.15, 0.2) is 0 Å². The molecule has 3 rings (SSSR count). The molecule has 0 atom stereocenters. The van der Waals surface area contributed by atoms with Gasteiger partial charge in [-0.05, 0) is 55.6 Å². The minimum Gasteiger partial charge on any atom is -0.399 e. The number of benzene rings is 1. The standard InChI is InChI=1S/C15H20ClN3O/c16-13-6-10(17)5-11(15(18)20)14(13)19-7-12(8-1-2-8)9-3-4-9/h5-6,8-9,12,19H,1-4,7,17H2,(H2,18,20). The van der Waals surface area contributed by atoms with Crippen LogP contribution in [0.3, 0.4) is 0 Å². The van der Waals surface area contributed by atoms with Gasteiger partial charge in [0.05, 0.1) is 16.3 Å². The summed E-state index contributed by atoms with van der Waals surface area (Å²) in [5, 5.41) is 3.81. The molecule has 5 N–H and O–H groups in total. The van der Waals surface area contributed by atoms with Crippen molar-refractivity contribution in [2.45, 2.75) is 25.7 Å². The molecule has 0 radical (unpaired) electrons. The van der Waals surface area contributed by atoms with Gasteiger partial charge in [-0.25, -0.2) is 0 Å². The molecule has 2 aliphatic rings. The number of primary amides is 1. The Kier molecular flexibility index (Phi) is 3.50. The second kappa shape index (κ2) is 5.17. The van der Waals surface area contributed by atoms with Gasteiger partial charge in [-0.2, -0.15) is 0 Å². The van der Waals surface area contributed by atoms with Crippen molar-refractivity contribution in [1.82, 2.24) is 0 Å². The summed E-state index contributed by atoms with van der Waals surface area (Å²) in [4.78, 5) is 11.5. The Balaban J connectivity index is 1.77. The number of halogens is 1. The van der Waals surface area contributed by atoms with Gasteiger partial charge >= 0.3 is 0 Å². The molecule has 2 fully saturated rings. The lowest BCUT2D eigenvalue weighted by Crippen LogP contribution is -2.21. The van der Waals surface area contributed by atoms with E-state index >= 15 is 0 Å². The topological polar surface area (TPSA) is 81.1 Å². The highest BCUT2D eigenvalue weighted by molar-refractivity contribution is 6.34. The highest BCUT2D eigenvalue weighted by Gasteiger charge is 2.41. The largest absolute Gasteiger partial charge is 0.399 e. The van der Waals surface area contributed by atoms with Crippen molar-refractivity contribution >= 4 is 28.9 Å². The molecule has 0 aromatic heterocycles. The Morgan fingerprint density at radius 3 is 2.40 bits per heavy atom. The molecule has 0 heterocycles. The van der Waals surface area contributed by atoms with Crippen molar-refractivity contribution in [1.29, 1.82) is 0 Å². The van der Waals surface area contributed by atoms with Gasteiger partial charge in [-0.3, -0.25) is 4.79 Å². The van der Waals surface area contributed by atoms with Gasteiger partial charge in [-0.1, -0.05) is 11.6 Å². The fourth-order valence-corrected chi connectivity index (χ4v) is 3.28. The predicted molar refractivity (Wildman–Crippen MR) is 81.8 cm³/mol. The fourth-order valence-electron chi connectivity index (χ4n) is 2.99. The Hall–Kier alpha value is -1.42. The van der Waals surface area contributed by atoms with E-state index in [1.54, 1.807) is 12.1 Å². The maximum Gasteiger partial charge on any atom is 0.250 e. The van der Waals surface area contributed by atoms with Gasteiger partial charge in [0.1, 0.15) is 0 Å². The summed E-state index contributed by atoms with van der Waals surface area (Å²) < 4.78 is 0. The van der Waals surface area contributed by atoms with Gasteiger partial charge < -0.3 is 16.8 Å². The van der Waals surface area contributed by atoms with Gasteiger partial charge in [0.2, 0.25) is 0 Å². The van der Waals surface area contributed by atoms with Crippen LogP contribution in [0.1, 0.15) is 36.0 Å². The molecule has 0 spiro atoms. The van der Waals surface area contributed by atoms with Gasteiger partial charge in [-0.15, -0.1) is 0 Å². The monoisotopic (exact) mass is 293 g/mol. The van der Waals surface area contributed by atoms with Crippen molar-refractivity contribution in [2.24, 2.45) is 23.5 Å². The summed E-state index contributed by atoms with van der Waals surface area (Å²) in [5.74, 6) is 1.89. The van der Waals surface area contributed by atoms with E-state index in [2.05, 4.69) is 5.32 Å². The number of amides is 1. The minimum absolute atomic E-state index is 0.375. The minimum atomic E-state index is -0.504. The molecular weight excluding hydrogens is 274 g/mol. The molecule has 0 unspecified atom stereocenters. The molecule has 2 saturated carbocycles. The zero-order chi connectivity index (χ0) is 14.3. The summed E-state index contributed by atoms with van der Waals surface area (Å²) in [6.07, 6.45) is 5.34. The Labute approximate surface area is 123 Å². The second-order valence-electron chi connectivity index (χ2n) is 6.01. The number of rotatable bonds is 6. The first kappa shape index (κ1) is 13.6. The van der Waals surface area contributed by atoms with E-state index in [9.17, 15) is 4.79 Å². The molecule has 1 aromatic carbocycles. The first-order valence-corrected chi connectivity index (χ1v) is 7.56. The van der Waals surface area contributed by atoms with Crippen molar-refractivity contribution in [2.75, 3.05) is 17.6 Å². The molecule has 108 valence electrons. The van der Waals surface area contributed by atoms with Crippen molar-refractivity contribution in [3.8, 4) is 0 Å². The molecule has 1 aromatic rings. The molecule has 5 heteroatoms. The van der Waals surface area contributed by atoms with Crippen LogP contribution >= 0.6 is 11.6 Å². The molecule has 20 heavy (non-hydrogen) atoms. The average molecular weight is 294 g/mol. The van der Waals surface area contributed by atoms with E-state index in [4.69, 9.17) is 23.1 Å². The van der Waals surface area contributed by atoms with E-state index < -0.39 is 5.91 Å². The summed E-state index contributed by atoms with van der Waals surface area (Å²) in [6, 6.07) is 3.24. The zero-order valence-electron chi connectivity index (χ0n) is 11.4. The summed E-state index contributed by atoms with van der Waals surface area (Å²) >= 11 is 6.20. The van der Waals surface area contributed by atoms with Crippen LogP contribution in [0.25, 0.3) is 0 Å². The number of nitrogens with one attached hydrogen (secondary N) is 1. The lowest BCUT2D eigenvalue weighted by molar-refractivity contribution is 0.100. The lowest BCUT2D eigenvalue weighted by atomic mass is 9.97. The average Bonchev–Trinajstić information content (AvgIpc) is 3.25. The predicted octanol–water partition coefficient (Wildman–Crippen LogP) is 2.87. The Morgan fingerprint density at radius 1 is 1.30 bits per heavy atom. The van der Waals surface area contributed by atoms with Crippen LogP contribution in [0.4, 0.5) is 11.4 Å². The number of hydrogen-bond acceptors (Lipinski definition) is 3. The Morgan fingerprint density at radius 2 is 1.90 bits per heavy atom. The third-order valence-corrected chi connectivity index (χ3v) is 4.65. The highest BCUT2D eigenvalue weighted by Crippen LogP contribution is 2.49. The zero-order valence-corrected chi connectivity index (χ0v) is 12.1. The summed E-state index contributed by atoms with van der Waals surface area (Å²) in [5.41, 5.74) is 12.6. The van der Waals surface area contributed by atoms with Crippen LogP contribution in [0.5, 0.6) is 0 Å². The third-order valence-electron chi connectivity index (χ3n) is 4.35. The maximum atomic E-state index is 11.5. The summed E-state index contributed by atoms with van der Waals surface area (Å²) in [7, 11) is 0. The maximum absolute atomic E-state index is 11.5. The van der Waals surface area contributed by atoms with E-state index in [0.717, 1.165) is 18.4 Å². The number of carbonyl (C=O) groups excluding carboxylic acids is 1. The van der Waals surface area contributed by atoms with Crippen LogP contribution in [-0.2, 0) is 0 Å². The van der Waals surface area contributed by atoms with E-state index in [1.165, 1.54) is 25.7 Å². The first-order valence-electron chi connectivity index (χ1n) is 7.19. The number of carbonyl (C=O) groups is 1. The molecular formula is C15H20ClN3O. The summed E-state index contributed by atoms with van der Waals surface area (Å²) in [6.45, 7) is 0.860. The number of anilines is 2. The molecule has 2 aliphatic carbocycles. The molecule has 0 bridgehead atoms. The van der Waals surface area contributed by atoms with Gasteiger partial charge in [0, 0.05) is 12.2 Å². The normalized spacial score (nSPS) is 18.3. The first-order chi connectivity index (χ1) is 9.56. The SMILES string of the molecule is NC(=O)c1cc(N)cc(Cl)c1NCC(C1CC1)C1CC1. The number of hydrogen-bond donors (Lipinski definition) is 3. The van der Waals surface area contributed by atoms with Crippen molar-refractivity contribution < 1.29 is 4.79 Å². The quantitative estimate of drug-likeness (QED) is 0.705. The fraction of sp³-hybridized carbons (Fsp3) is 0.533. The third kappa shape index (κ3) is 2.85. The molecule has 0 saturated heterocycles. The van der Waals surface area contributed by atoms with Crippen LogP contribution in [-0.4, -0.2) is 12.5 Å². The smallest absolute Gasteiger partial charge is 0.250 e. The Bertz CT molecular complexity index is 526. The lowest BCUT2D eigenvalue weighted by Gasteiger charge is -2.19. The van der Waals surface area contributed by atoms with E-state index in [-0.39, 0.29) is 0 Å². The second-order valence-corrected chi connectivity index (χ2v) is 6.42. The van der Waals surface area contributed by atoms with Crippen molar-refractivity contribution in [3.05, 3.63) is 22.7 Å². The van der Waals surface area contributed by atoms with Crippen molar-refractivity contribution in [3.63, 3.8) is 0 Å². The van der Waals surface area contributed by atoms with Crippen LogP contribution in [0, 0.1) is 17.8 Å². The number of nitrogens with two attached hydrogens (primary N) is 2. The molecule has 4 nitrogen and oxygen atoms in total. The highest BCUT2D eigenvalue weighted by atomic mass is 35.5. The van der Waals surface area contributed by atoms with E-state index in [1.807, 2.05) is 0 Å². The van der Waals surface area contributed by atoms with Gasteiger partial charge in [0.25, 0.3) is 5.91 Å². The van der Waals surface area contributed by atoms with Crippen LogP contribution in [0.2, 0.25) is 5.02 Å². The van der Waals surface area contributed by atoms with E-state index in [0.29, 0.717) is 27.9 Å². The van der Waals surface area contributed by atoms with Crippen LogP contribution in [0.15, 0.2) is 12.1 Å².